The number of rotatable bonds is 6. The molecule has 0 amide bonds. The Balaban J connectivity index is 1.96. The summed E-state index contributed by atoms with van der Waals surface area (Å²) in [6.45, 7) is 1.38. The van der Waals surface area contributed by atoms with E-state index in [-0.39, 0.29) is 0 Å². The molecule has 1 aromatic rings. The zero-order valence-corrected chi connectivity index (χ0v) is 7.93. The van der Waals surface area contributed by atoms with Gasteiger partial charge in [-0.3, -0.25) is 0 Å². The molecule has 3 heteroatoms. The molecule has 0 aliphatic heterocycles. The van der Waals surface area contributed by atoms with Gasteiger partial charge in [0.15, 0.2) is 0 Å². The van der Waals surface area contributed by atoms with Crippen LogP contribution in [0.15, 0.2) is 22.8 Å². The molecule has 1 rings (SSSR count). The zero-order valence-electron chi connectivity index (χ0n) is 7.03. The van der Waals surface area contributed by atoms with Gasteiger partial charge in [0, 0.05) is 6.61 Å². The Morgan fingerprint density at radius 3 is 3.00 bits per heavy atom. The van der Waals surface area contributed by atoms with Crippen LogP contribution >= 0.6 is 12.6 Å². The molecule has 68 valence electrons. The summed E-state index contributed by atoms with van der Waals surface area (Å²) < 4.78 is 10.5. The van der Waals surface area contributed by atoms with Crippen molar-refractivity contribution in [2.24, 2.45) is 0 Å². The molecule has 0 aliphatic rings. The Labute approximate surface area is 78.3 Å². The Hall–Kier alpha value is -0.410. The maximum absolute atomic E-state index is 5.35. The molecule has 0 spiro atoms. The number of hydrogen-bond donors (Lipinski definition) is 1. The second kappa shape index (κ2) is 6.14. The fraction of sp³-hybridized carbons (Fsp3) is 0.556. The first-order valence-electron chi connectivity index (χ1n) is 4.14. The molecule has 12 heavy (non-hydrogen) atoms. The minimum atomic E-state index is 0.583. The van der Waals surface area contributed by atoms with Gasteiger partial charge in [-0.1, -0.05) is 0 Å². The van der Waals surface area contributed by atoms with Crippen LogP contribution in [0.4, 0.5) is 0 Å². The molecule has 0 unspecified atom stereocenters. The molecule has 0 saturated heterocycles. The van der Waals surface area contributed by atoms with Crippen molar-refractivity contribution in [3.05, 3.63) is 24.2 Å². The third-order valence-corrected chi connectivity index (χ3v) is 1.84. The molecule has 0 bridgehead atoms. The maximum atomic E-state index is 5.35. The standard InChI is InChI=1S/C9H14O2S/c12-7-2-1-5-10-8-9-4-3-6-11-9/h3-4,6,12H,1-2,5,7-8H2. The monoisotopic (exact) mass is 186 g/mol. The van der Waals surface area contributed by atoms with Gasteiger partial charge in [0.1, 0.15) is 12.4 Å². The van der Waals surface area contributed by atoms with Gasteiger partial charge in [-0.05, 0) is 30.7 Å². The van der Waals surface area contributed by atoms with Crippen molar-refractivity contribution in [2.75, 3.05) is 12.4 Å². The van der Waals surface area contributed by atoms with Gasteiger partial charge >= 0.3 is 0 Å². The number of ether oxygens (including phenoxy) is 1. The lowest BCUT2D eigenvalue weighted by Crippen LogP contribution is -1.94. The summed E-state index contributed by atoms with van der Waals surface area (Å²) in [4.78, 5) is 0. The number of hydrogen-bond acceptors (Lipinski definition) is 3. The van der Waals surface area contributed by atoms with Crippen LogP contribution in [0.2, 0.25) is 0 Å². The van der Waals surface area contributed by atoms with E-state index in [9.17, 15) is 0 Å². The van der Waals surface area contributed by atoms with Crippen molar-refractivity contribution in [2.45, 2.75) is 19.4 Å². The van der Waals surface area contributed by atoms with Crippen molar-refractivity contribution < 1.29 is 9.15 Å². The number of thiol groups is 1. The van der Waals surface area contributed by atoms with Crippen LogP contribution < -0.4 is 0 Å². The third-order valence-electron chi connectivity index (χ3n) is 1.52. The molecule has 0 fully saturated rings. The highest BCUT2D eigenvalue weighted by atomic mass is 32.1. The number of furan rings is 1. The van der Waals surface area contributed by atoms with E-state index in [0.29, 0.717) is 6.61 Å². The summed E-state index contributed by atoms with van der Waals surface area (Å²) in [6.07, 6.45) is 3.85. The Bertz CT molecular complexity index is 184. The van der Waals surface area contributed by atoms with Crippen LogP contribution in [0, 0.1) is 0 Å². The first-order chi connectivity index (χ1) is 5.93. The minimum absolute atomic E-state index is 0.583. The third kappa shape index (κ3) is 3.83. The van der Waals surface area contributed by atoms with Crippen molar-refractivity contribution >= 4 is 12.6 Å². The van der Waals surface area contributed by atoms with E-state index in [1.807, 2.05) is 12.1 Å². The highest BCUT2D eigenvalue weighted by Gasteiger charge is 1.94. The van der Waals surface area contributed by atoms with Gasteiger partial charge < -0.3 is 9.15 Å². The lowest BCUT2D eigenvalue weighted by atomic mass is 10.3. The quantitative estimate of drug-likeness (QED) is 0.544. The molecular weight excluding hydrogens is 172 g/mol. The molecule has 0 aliphatic carbocycles. The van der Waals surface area contributed by atoms with Crippen molar-refractivity contribution in [1.82, 2.24) is 0 Å². The molecule has 0 radical (unpaired) electrons. The average Bonchev–Trinajstić information content (AvgIpc) is 2.57. The SMILES string of the molecule is SCCCCOCc1ccco1. The Morgan fingerprint density at radius 2 is 2.33 bits per heavy atom. The minimum Gasteiger partial charge on any atom is -0.467 e. The molecule has 0 N–H and O–H groups in total. The van der Waals surface area contributed by atoms with E-state index in [4.69, 9.17) is 9.15 Å². The largest absolute Gasteiger partial charge is 0.467 e. The fourth-order valence-corrected chi connectivity index (χ4v) is 1.11. The first kappa shape index (κ1) is 9.68. The highest BCUT2D eigenvalue weighted by Crippen LogP contribution is 2.02. The van der Waals surface area contributed by atoms with E-state index >= 15 is 0 Å². The van der Waals surface area contributed by atoms with Crippen LogP contribution in [-0.4, -0.2) is 12.4 Å². The van der Waals surface area contributed by atoms with Crippen molar-refractivity contribution in [3.8, 4) is 0 Å². The predicted molar refractivity (Wildman–Crippen MR) is 51.5 cm³/mol. The first-order valence-corrected chi connectivity index (χ1v) is 4.77. The van der Waals surface area contributed by atoms with Gasteiger partial charge in [-0.25, -0.2) is 0 Å². The van der Waals surface area contributed by atoms with Gasteiger partial charge in [0.05, 0.1) is 6.26 Å². The van der Waals surface area contributed by atoms with Crippen LogP contribution in [0.3, 0.4) is 0 Å². The lowest BCUT2D eigenvalue weighted by molar-refractivity contribution is 0.104. The second-order valence-electron chi connectivity index (χ2n) is 2.56. The van der Waals surface area contributed by atoms with Crippen LogP contribution in [0.25, 0.3) is 0 Å². The maximum Gasteiger partial charge on any atom is 0.129 e. The second-order valence-corrected chi connectivity index (χ2v) is 3.01. The van der Waals surface area contributed by atoms with Crippen LogP contribution in [0.1, 0.15) is 18.6 Å². The summed E-state index contributed by atoms with van der Waals surface area (Å²) in [6, 6.07) is 3.78. The summed E-state index contributed by atoms with van der Waals surface area (Å²) >= 11 is 4.11. The van der Waals surface area contributed by atoms with Crippen LogP contribution in [-0.2, 0) is 11.3 Å². The molecule has 1 heterocycles. The molecule has 0 saturated carbocycles. The van der Waals surface area contributed by atoms with E-state index in [1.54, 1.807) is 6.26 Å². The van der Waals surface area contributed by atoms with Gasteiger partial charge in [-0.2, -0.15) is 12.6 Å². The summed E-state index contributed by atoms with van der Waals surface area (Å²) in [5, 5.41) is 0. The molecule has 2 nitrogen and oxygen atoms in total. The van der Waals surface area contributed by atoms with Crippen molar-refractivity contribution in [3.63, 3.8) is 0 Å². The molecule has 1 aromatic heterocycles. The van der Waals surface area contributed by atoms with E-state index in [1.165, 1.54) is 0 Å². The fourth-order valence-electron chi connectivity index (χ4n) is 0.883. The van der Waals surface area contributed by atoms with Crippen molar-refractivity contribution in [1.29, 1.82) is 0 Å². The van der Waals surface area contributed by atoms with E-state index < -0.39 is 0 Å². The molecule has 0 atom stereocenters. The highest BCUT2D eigenvalue weighted by molar-refractivity contribution is 7.80. The smallest absolute Gasteiger partial charge is 0.129 e. The van der Waals surface area contributed by atoms with E-state index in [0.717, 1.165) is 31.0 Å². The Morgan fingerprint density at radius 1 is 1.42 bits per heavy atom. The van der Waals surface area contributed by atoms with Gasteiger partial charge in [0.25, 0.3) is 0 Å². The summed E-state index contributed by atoms with van der Waals surface area (Å²) in [7, 11) is 0. The van der Waals surface area contributed by atoms with E-state index in [2.05, 4.69) is 12.6 Å². The predicted octanol–water partition coefficient (Wildman–Crippen LogP) is 2.51. The average molecular weight is 186 g/mol. The van der Waals surface area contributed by atoms with Crippen LogP contribution in [0.5, 0.6) is 0 Å². The lowest BCUT2D eigenvalue weighted by Gasteiger charge is -1.99. The Kier molecular flexibility index (Phi) is 4.95. The van der Waals surface area contributed by atoms with Gasteiger partial charge in [0.2, 0.25) is 0 Å². The number of unbranched alkanes of at least 4 members (excludes halogenated alkanes) is 1. The summed E-state index contributed by atoms with van der Waals surface area (Å²) in [5.41, 5.74) is 0. The van der Waals surface area contributed by atoms with Gasteiger partial charge in [-0.15, -0.1) is 0 Å². The summed E-state index contributed by atoms with van der Waals surface area (Å²) in [5.74, 6) is 1.82. The molecular formula is C9H14O2S. The zero-order chi connectivity index (χ0) is 8.65. The topological polar surface area (TPSA) is 22.4 Å². The molecule has 0 aromatic carbocycles. The normalized spacial score (nSPS) is 10.4.